The summed E-state index contributed by atoms with van der Waals surface area (Å²) in [5.41, 5.74) is 3.08. The molecule has 1 heterocycles. The van der Waals surface area contributed by atoms with Gasteiger partial charge in [-0.1, -0.05) is 51.1 Å². The van der Waals surface area contributed by atoms with Gasteiger partial charge < -0.3 is 4.42 Å². The van der Waals surface area contributed by atoms with E-state index >= 15 is 0 Å². The van der Waals surface area contributed by atoms with Crippen LogP contribution >= 0.6 is 11.8 Å². The van der Waals surface area contributed by atoms with Crippen molar-refractivity contribution in [3.05, 3.63) is 60.0 Å². The van der Waals surface area contributed by atoms with Gasteiger partial charge in [0, 0.05) is 16.1 Å². The number of nitrogens with zero attached hydrogens (tertiary/aromatic N) is 1. The van der Waals surface area contributed by atoms with Crippen molar-refractivity contribution < 1.29 is 4.42 Å². The quantitative estimate of drug-likeness (QED) is 0.604. The average Bonchev–Trinajstić information content (AvgIpc) is 2.89. The molecule has 0 amide bonds. The summed E-state index contributed by atoms with van der Waals surface area (Å²) in [5.74, 6) is 1.76. The highest BCUT2D eigenvalue weighted by Crippen LogP contribution is 2.30. The lowest BCUT2D eigenvalue weighted by molar-refractivity contribution is 0.411. The third kappa shape index (κ3) is 3.30. The van der Waals surface area contributed by atoms with Crippen LogP contribution in [0.25, 0.3) is 11.1 Å². The molecular weight excluding hydrogens is 278 g/mol. The number of hydrogen-bond acceptors (Lipinski definition) is 3. The maximum absolute atomic E-state index is 5.83. The van der Waals surface area contributed by atoms with E-state index in [2.05, 4.69) is 62.2 Å². The molecule has 0 atom stereocenters. The van der Waals surface area contributed by atoms with Crippen LogP contribution in [0.4, 0.5) is 0 Å². The predicted molar refractivity (Wildman–Crippen MR) is 88.7 cm³/mol. The smallest absolute Gasteiger partial charge is 0.200 e. The Balaban J connectivity index is 1.81. The van der Waals surface area contributed by atoms with Gasteiger partial charge in [-0.15, -0.1) is 11.8 Å². The first-order valence-corrected chi connectivity index (χ1v) is 8.09. The summed E-state index contributed by atoms with van der Waals surface area (Å²) < 4.78 is 5.83. The molecule has 0 N–H and O–H groups in total. The molecular formula is C18H19NOS. The van der Waals surface area contributed by atoms with E-state index in [-0.39, 0.29) is 5.41 Å². The van der Waals surface area contributed by atoms with Gasteiger partial charge in [0.25, 0.3) is 0 Å². The second-order valence-electron chi connectivity index (χ2n) is 6.17. The van der Waals surface area contributed by atoms with Gasteiger partial charge in [-0.25, -0.2) is 4.98 Å². The number of hydrogen-bond donors (Lipinski definition) is 0. The van der Waals surface area contributed by atoms with Crippen molar-refractivity contribution >= 4 is 22.9 Å². The van der Waals surface area contributed by atoms with Gasteiger partial charge in [0.15, 0.2) is 5.58 Å². The summed E-state index contributed by atoms with van der Waals surface area (Å²) >= 11 is 1.82. The van der Waals surface area contributed by atoms with Crippen molar-refractivity contribution in [2.45, 2.75) is 36.8 Å². The molecule has 0 aliphatic carbocycles. The molecule has 108 valence electrons. The molecule has 3 heteroatoms. The maximum atomic E-state index is 5.83. The van der Waals surface area contributed by atoms with Gasteiger partial charge >= 0.3 is 0 Å². The van der Waals surface area contributed by atoms with E-state index in [1.807, 2.05) is 23.9 Å². The first-order chi connectivity index (χ1) is 10.0. The van der Waals surface area contributed by atoms with E-state index in [1.165, 1.54) is 10.5 Å². The fourth-order valence-electron chi connectivity index (χ4n) is 2.06. The van der Waals surface area contributed by atoms with E-state index in [4.69, 9.17) is 4.42 Å². The molecule has 1 aromatic heterocycles. The molecule has 0 aliphatic rings. The molecule has 3 aromatic rings. The molecule has 0 bridgehead atoms. The molecule has 0 saturated heterocycles. The molecule has 21 heavy (non-hydrogen) atoms. The normalized spacial score (nSPS) is 12.0. The summed E-state index contributed by atoms with van der Waals surface area (Å²) in [4.78, 5) is 5.84. The fourth-order valence-corrected chi connectivity index (χ4v) is 2.94. The zero-order valence-electron chi connectivity index (χ0n) is 12.6. The van der Waals surface area contributed by atoms with Gasteiger partial charge in [-0.2, -0.15) is 0 Å². The van der Waals surface area contributed by atoms with Crippen molar-refractivity contribution in [2.75, 3.05) is 0 Å². The van der Waals surface area contributed by atoms with Gasteiger partial charge in [-0.05, 0) is 23.8 Å². The highest BCUT2D eigenvalue weighted by Gasteiger charge is 2.20. The third-order valence-corrected chi connectivity index (χ3v) is 4.31. The second-order valence-corrected chi connectivity index (χ2v) is 7.22. The molecule has 0 saturated carbocycles. The highest BCUT2D eigenvalue weighted by atomic mass is 32.2. The Bertz CT molecular complexity index is 741. The lowest BCUT2D eigenvalue weighted by Crippen LogP contribution is -2.10. The maximum Gasteiger partial charge on any atom is 0.200 e. The Hall–Kier alpha value is -1.74. The molecule has 2 nitrogen and oxygen atoms in total. The molecule has 0 aliphatic heterocycles. The lowest BCUT2D eigenvalue weighted by Gasteiger charge is -2.11. The number of thioether (sulfide) groups is 1. The van der Waals surface area contributed by atoms with E-state index in [1.54, 1.807) is 0 Å². The predicted octanol–water partition coefficient (Wildman–Crippen LogP) is 5.42. The summed E-state index contributed by atoms with van der Waals surface area (Å²) in [5, 5.41) is 0. The molecule has 0 unspecified atom stereocenters. The molecule has 3 rings (SSSR count). The SMILES string of the molecule is CC(C)(C)c1nc2cc(SCc3ccccc3)ccc2o1. The van der Waals surface area contributed by atoms with E-state index < -0.39 is 0 Å². The minimum atomic E-state index is -0.0592. The number of oxazole rings is 1. The zero-order chi connectivity index (χ0) is 14.9. The Labute approximate surface area is 129 Å². The van der Waals surface area contributed by atoms with Gasteiger partial charge in [0.1, 0.15) is 5.52 Å². The highest BCUT2D eigenvalue weighted by molar-refractivity contribution is 7.98. The van der Waals surface area contributed by atoms with Crippen molar-refractivity contribution in [3.63, 3.8) is 0 Å². The molecule has 2 aromatic carbocycles. The van der Waals surface area contributed by atoms with E-state index in [9.17, 15) is 0 Å². The van der Waals surface area contributed by atoms with Crippen LogP contribution in [0.15, 0.2) is 57.8 Å². The largest absolute Gasteiger partial charge is 0.440 e. The molecule has 0 fully saturated rings. The van der Waals surface area contributed by atoms with E-state index in [0.29, 0.717) is 0 Å². The lowest BCUT2D eigenvalue weighted by atomic mass is 9.97. The summed E-state index contributed by atoms with van der Waals surface area (Å²) in [6.45, 7) is 6.34. The summed E-state index contributed by atoms with van der Waals surface area (Å²) in [6.07, 6.45) is 0. The molecule has 0 spiro atoms. The Morgan fingerprint density at radius 1 is 1.05 bits per heavy atom. The van der Waals surface area contributed by atoms with Crippen LogP contribution in [-0.4, -0.2) is 4.98 Å². The van der Waals surface area contributed by atoms with Crippen LogP contribution < -0.4 is 0 Å². The number of fused-ring (bicyclic) bond motifs is 1. The minimum absolute atomic E-state index is 0.0592. The average molecular weight is 297 g/mol. The number of benzene rings is 2. The monoisotopic (exact) mass is 297 g/mol. The van der Waals surface area contributed by atoms with Gasteiger partial charge in [-0.3, -0.25) is 0 Å². The Morgan fingerprint density at radius 3 is 2.52 bits per heavy atom. The molecule has 0 radical (unpaired) electrons. The number of rotatable bonds is 3. The Kier molecular flexibility index (Phi) is 3.77. The van der Waals surface area contributed by atoms with Crippen LogP contribution in [-0.2, 0) is 11.2 Å². The zero-order valence-corrected chi connectivity index (χ0v) is 13.4. The van der Waals surface area contributed by atoms with Gasteiger partial charge in [0.2, 0.25) is 5.89 Å². The van der Waals surface area contributed by atoms with Crippen molar-refractivity contribution in [3.8, 4) is 0 Å². The van der Waals surface area contributed by atoms with Crippen LogP contribution in [0.5, 0.6) is 0 Å². The van der Waals surface area contributed by atoms with Crippen molar-refractivity contribution in [1.82, 2.24) is 4.98 Å². The summed E-state index contributed by atoms with van der Waals surface area (Å²) in [7, 11) is 0. The van der Waals surface area contributed by atoms with Gasteiger partial charge in [0.05, 0.1) is 0 Å². The number of aromatic nitrogens is 1. The van der Waals surface area contributed by atoms with Crippen LogP contribution in [0, 0.1) is 0 Å². The van der Waals surface area contributed by atoms with Crippen LogP contribution in [0.3, 0.4) is 0 Å². The minimum Gasteiger partial charge on any atom is -0.440 e. The van der Waals surface area contributed by atoms with Crippen molar-refractivity contribution in [1.29, 1.82) is 0 Å². The standard InChI is InChI=1S/C18H19NOS/c1-18(2,3)17-19-15-11-14(9-10-16(15)20-17)21-12-13-7-5-4-6-8-13/h4-11H,12H2,1-3H3. The second kappa shape index (κ2) is 5.57. The first kappa shape index (κ1) is 14.2. The van der Waals surface area contributed by atoms with Crippen LogP contribution in [0.1, 0.15) is 32.2 Å². The third-order valence-electron chi connectivity index (χ3n) is 3.25. The summed E-state index contributed by atoms with van der Waals surface area (Å²) in [6, 6.07) is 16.7. The fraction of sp³-hybridized carbons (Fsp3) is 0.278. The van der Waals surface area contributed by atoms with Crippen molar-refractivity contribution in [2.24, 2.45) is 0 Å². The van der Waals surface area contributed by atoms with Crippen LogP contribution in [0.2, 0.25) is 0 Å². The van der Waals surface area contributed by atoms with E-state index in [0.717, 1.165) is 22.7 Å². The Morgan fingerprint density at radius 2 is 1.81 bits per heavy atom. The topological polar surface area (TPSA) is 26.0 Å². The first-order valence-electron chi connectivity index (χ1n) is 7.10.